The van der Waals surface area contributed by atoms with E-state index >= 15 is 0 Å². The molecule has 4 rings (SSSR count). The Morgan fingerprint density at radius 1 is 1.25 bits per heavy atom. The molecular formula is C24H28N4O4. The summed E-state index contributed by atoms with van der Waals surface area (Å²) in [5.74, 6) is -1.60. The van der Waals surface area contributed by atoms with Gasteiger partial charge in [0.15, 0.2) is 0 Å². The zero-order valence-corrected chi connectivity index (χ0v) is 18.3. The number of piperidine rings is 1. The number of carbonyl (C=O) groups excluding carboxylic acids is 2. The topological polar surface area (TPSA) is 120 Å². The normalized spacial score (nSPS) is 22.6. The van der Waals surface area contributed by atoms with Crippen molar-refractivity contribution in [1.29, 1.82) is 0 Å². The first-order chi connectivity index (χ1) is 15.3. The number of hydrogen-bond acceptors (Lipinski definition) is 5. The lowest BCUT2D eigenvalue weighted by molar-refractivity contribution is -0.147. The fourth-order valence-electron chi connectivity index (χ4n) is 4.59. The molecule has 2 aliphatic rings. The average molecular weight is 437 g/mol. The van der Waals surface area contributed by atoms with Crippen molar-refractivity contribution in [2.24, 2.45) is 11.8 Å². The average Bonchev–Trinajstić information content (AvgIpc) is 2.76. The summed E-state index contributed by atoms with van der Waals surface area (Å²) in [5.41, 5.74) is 5.63. The molecule has 1 aromatic heterocycles. The number of aromatic nitrogens is 1. The van der Waals surface area contributed by atoms with Gasteiger partial charge in [0.1, 0.15) is 0 Å². The highest BCUT2D eigenvalue weighted by Crippen LogP contribution is 2.35. The van der Waals surface area contributed by atoms with Crippen LogP contribution in [-0.4, -0.2) is 34.4 Å². The van der Waals surface area contributed by atoms with Crippen molar-refractivity contribution in [1.82, 2.24) is 10.3 Å². The molecule has 3 atom stereocenters. The highest BCUT2D eigenvalue weighted by Gasteiger charge is 2.30. The molecular weight excluding hydrogens is 408 g/mol. The zero-order valence-electron chi connectivity index (χ0n) is 18.3. The van der Waals surface area contributed by atoms with Crippen LogP contribution in [0.5, 0.6) is 0 Å². The first kappa shape index (κ1) is 22.0. The standard InChI is InChI=1S/C24H28N4O4/c1-13-7-18(27-23(30)24(31)32)12-26-20(13)9-17-10-21(25-11-14(17)2)16-3-5-19-15(8-16)4-6-22(29)28-19/h3,5,7-8,12,14,17,21,25H,4,6,9-11H2,1-2H3,(H,27,30)(H,28,29)(H,31,32)/t14-,17?,21-/m1/s1. The SMILES string of the molecule is Cc1cc(NC(=O)C(=O)O)cnc1CC1C[C@H](c2ccc3c(c2)CCC(=O)N3)NC[C@H]1C. The Morgan fingerprint density at radius 3 is 2.81 bits per heavy atom. The van der Waals surface area contributed by atoms with Crippen LogP contribution in [0.2, 0.25) is 0 Å². The number of fused-ring (bicyclic) bond motifs is 1. The van der Waals surface area contributed by atoms with Crippen LogP contribution in [0, 0.1) is 18.8 Å². The number of aryl methyl sites for hydroxylation is 2. The van der Waals surface area contributed by atoms with Crippen LogP contribution in [-0.2, 0) is 27.2 Å². The minimum Gasteiger partial charge on any atom is -0.474 e. The van der Waals surface area contributed by atoms with Gasteiger partial charge in [-0.3, -0.25) is 14.6 Å². The van der Waals surface area contributed by atoms with E-state index in [1.165, 1.54) is 17.3 Å². The third-order valence-electron chi connectivity index (χ3n) is 6.55. The van der Waals surface area contributed by atoms with Crippen molar-refractivity contribution < 1.29 is 19.5 Å². The third kappa shape index (κ3) is 4.80. The predicted octanol–water partition coefficient (Wildman–Crippen LogP) is 2.83. The third-order valence-corrected chi connectivity index (χ3v) is 6.55. The molecule has 8 nitrogen and oxygen atoms in total. The molecule has 0 radical (unpaired) electrons. The van der Waals surface area contributed by atoms with Crippen molar-refractivity contribution in [2.45, 2.75) is 45.6 Å². The number of carbonyl (C=O) groups is 3. The van der Waals surface area contributed by atoms with Gasteiger partial charge >= 0.3 is 11.9 Å². The van der Waals surface area contributed by atoms with E-state index in [1.807, 2.05) is 13.0 Å². The zero-order chi connectivity index (χ0) is 22.8. The van der Waals surface area contributed by atoms with Crippen molar-refractivity contribution in [3.05, 3.63) is 52.8 Å². The van der Waals surface area contributed by atoms with Crippen molar-refractivity contribution in [2.75, 3.05) is 17.2 Å². The Balaban J connectivity index is 1.46. The maximum Gasteiger partial charge on any atom is 0.394 e. The molecule has 1 fully saturated rings. The molecule has 8 heteroatoms. The number of carboxylic acid groups (broad SMARTS) is 1. The van der Waals surface area contributed by atoms with Gasteiger partial charge in [-0.25, -0.2) is 4.79 Å². The van der Waals surface area contributed by atoms with Gasteiger partial charge in [-0.2, -0.15) is 0 Å². The van der Waals surface area contributed by atoms with Crippen LogP contribution in [0.3, 0.4) is 0 Å². The number of carboxylic acids is 1. The quantitative estimate of drug-likeness (QED) is 0.547. The van der Waals surface area contributed by atoms with E-state index in [0.29, 0.717) is 23.9 Å². The lowest BCUT2D eigenvalue weighted by Gasteiger charge is -2.36. The Morgan fingerprint density at radius 2 is 2.06 bits per heavy atom. The molecule has 0 saturated carbocycles. The number of nitrogens with zero attached hydrogens (tertiary/aromatic N) is 1. The summed E-state index contributed by atoms with van der Waals surface area (Å²) >= 11 is 0. The van der Waals surface area contributed by atoms with E-state index in [9.17, 15) is 14.4 Å². The highest BCUT2D eigenvalue weighted by molar-refractivity contribution is 6.36. The molecule has 0 bridgehead atoms. The van der Waals surface area contributed by atoms with E-state index in [1.54, 1.807) is 6.07 Å². The minimum atomic E-state index is -1.52. The Hall–Kier alpha value is -3.26. The van der Waals surface area contributed by atoms with E-state index < -0.39 is 11.9 Å². The van der Waals surface area contributed by atoms with Gasteiger partial charge in [-0.05, 0) is 73.4 Å². The number of pyridine rings is 1. The molecule has 168 valence electrons. The molecule has 2 aromatic rings. The number of nitrogens with one attached hydrogen (secondary N) is 3. The molecule has 0 aliphatic carbocycles. The largest absolute Gasteiger partial charge is 0.474 e. The lowest BCUT2D eigenvalue weighted by Crippen LogP contribution is -2.39. The van der Waals surface area contributed by atoms with Crippen LogP contribution >= 0.6 is 0 Å². The van der Waals surface area contributed by atoms with E-state index in [4.69, 9.17) is 5.11 Å². The first-order valence-corrected chi connectivity index (χ1v) is 11.0. The van der Waals surface area contributed by atoms with Crippen molar-refractivity contribution >= 4 is 29.2 Å². The second-order valence-corrected chi connectivity index (χ2v) is 8.85. The summed E-state index contributed by atoms with van der Waals surface area (Å²) in [6, 6.07) is 8.33. The fraction of sp³-hybridized carbons (Fsp3) is 0.417. The Bertz CT molecular complexity index is 1070. The molecule has 3 heterocycles. The number of anilines is 2. The Labute approximate surface area is 186 Å². The van der Waals surface area contributed by atoms with Crippen LogP contribution in [0.15, 0.2) is 30.5 Å². The van der Waals surface area contributed by atoms with Gasteiger partial charge < -0.3 is 21.1 Å². The maximum atomic E-state index is 11.6. The number of amides is 2. The number of benzene rings is 1. The summed E-state index contributed by atoms with van der Waals surface area (Å²) in [6.07, 6.45) is 4.62. The second-order valence-electron chi connectivity index (χ2n) is 8.85. The maximum absolute atomic E-state index is 11.6. The number of rotatable bonds is 4. The van der Waals surface area contributed by atoms with Gasteiger partial charge in [0.2, 0.25) is 5.91 Å². The number of aliphatic carboxylic acids is 1. The van der Waals surface area contributed by atoms with Crippen molar-refractivity contribution in [3.63, 3.8) is 0 Å². The summed E-state index contributed by atoms with van der Waals surface area (Å²) in [7, 11) is 0. The van der Waals surface area contributed by atoms with Gasteiger partial charge in [0.25, 0.3) is 0 Å². The monoisotopic (exact) mass is 436 g/mol. The van der Waals surface area contributed by atoms with Crippen LogP contribution in [0.25, 0.3) is 0 Å². The first-order valence-electron chi connectivity index (χ1n) is 11.0. The van der Waals surface area contributed by atoms with Gasteiger partial charge in [-0.15, -0.1) is 0 Å². The fourth-order valence-corrected chi connectivity index (χ4v) is 4.59. The van der Waals surface area contributed by atoms with Gasteiger partial charge in [-0.1, -0.05) is 19.1 Å². The van der Waals surface area contributed by atoms with Crippen LogP contribution < -0.4 is 16.0 Å². The molecule has 1 aromatic carbocycles. The van der Waals surface area contributed by atoms with Crippen LogP contribution in [0.1, 0.15) is 48.2 Å². The molecule has 4 N–H and O–H groups in total. The van der Waals surface area contributed by atoms with Crippen molar-refractivity contribution in [3.8, 4) is 0 Å². The van der Waals surface area contributed by atoms with Gasteiger partial charge in [0.05, 0.1) is 11.9 Å². The summed E-state index contributed by atoms with van der Waals surface area (Å²) in [4.78, 5) is 38.3. The molecule has 1 saturated heterocycles. The lowest BCUT2D eigenvalue weighted by atomic mass is 9.78. The number of hydrogen-bond donors (Lipinski definition) is 4. The summed E-state index contributed by atoms with van der Waals surface area (Å²) in [5, 5.41) is 17.7. The van der Waals surface area contributed by atoms with E-state index in [2.05, 4.69) is 40.0 Å². The summed E-state index contributed by atoms with van der Waals surface area (Å²) in [6.45, 7) is 5.09. The Kier molecular flexibility index (Phi) is 6.23. The van der Waals surface area contributed by atoms with Gasteiger partial charge in [0, 0.05) is 23.8 Å². The molecule has 1 unspecified atom stereocenters. The minimum absolute atomic E-state index is 0.0753. The molecule has 32 heavy (non-hydrogen) atoms. The second kappa shape index (κ2) is 9.08. The van der Waals surface area contributed by atoms with Crippen LogP contribution in [0.4, 0.5) is 11.4 Å². The molecule has 2 amide bonds. The highest BCUT2D eigenvalue weighted by atomic mass is 16.4. The molecule has 0 spiro atoms. The summed E-state index contributed by atoms with van der Waals surface area (Å²) < 4.78 is 0. The van der Waals surface area contributed by atoms with E-state index in [-0.39, 0.29) is 11.9 Å². The smallest absolute Gasteiger partial charge is 0.394 e. The van der Waals surface area contributed by atoms with E-state index in [0.717, 1.165) is 42.8 Å². The predicted molar refractivity (Wildman–Crippen MR) is 120 cm³/mol. The molecule has 2 aliphatic heterocycles.